The van der Waals surface area contributed by atoms with Gasteiger partial charge in [-0.05, 0) is 25.1 Å². The van der Waals surface area contributed by atoms with Gasteiger partial charge in [0.25, 0.3) is 0 Å². The van der Waals surface area contributed by atoms with Crippen LogP contribution < -0.4 is 14.8 Å². The highest BCUT2D eigenvalue weighted by molar-refractivity contribution is 7.92. The molecule has 8 heteroatoms. The molecule has 7 nitrogen and oxygen atoms in total. The van der Waals surface area contributed by atoms with Crippen molar-refractivity contribution in [1.82, 2.24) is 0 Å². The molecule has 30 heavy (non-hydrogen) atoms. The molecule has 3 aromatic carbocycles. The maximum Gasteiger partial charge on any atom is 0.229 e. The fourth-order valence-electron chi connectivity index (χ4n) is 2.90. The van der Waals surface area contributed by atoms with Gasteiger partial charge in [-0.25, -0.2) is 8.42 Å². The number of hydrogen-bond acceptors (Lipinski definition) is 5. The highest BCUT2D eigenvalue weighted by Crippen LogP contribution is 2.44. The number of carbonyl (C=O) groups excluding carboxylic acids is 1. The van der Waals surface area contributed by atoms with Crippen LogP contribution in [0.2, 0.25) is 0 Å². The molecule has 0 saturated carbocycles. The Balaban J connectivity index is 2.23. The molecule has 0 spiro atoms. The average Bonchev–Trinajstić information content (AvgIpc) is 2.65. The molecule has 0 heterocycles. The van der Waals surface area contributed by atoms with Gasteiger partial charge in [0.05, 0.1) is 23.0 Å². The first-order valence-electron chi connectivity index (χ1n) is 9.37. The van der Waals surface area contributed by atoms with Crippen LogP contribution in [0.1, 0.15) is 19.4 Å². The van der Waals surface area contributed by atoms with Gasteiger partial charge < -0.3 is 15.2 Å². The summed E-state index contributed by atoms with van der Waals surface area (Å²) >= 11 is 0. The lowest BCUT2D eigenvalue weighted by Gasteiger charge is -2.18. The number of benzene rings is 3. The van der Waals surface area contributed by atoms with Crippen LogP contribution in [0, 0.1) is 12.8 Å². The molecule has 0 fully saturated rings. The summed E-state index contributed by atoms with van der Waals surface area (Å²) in [5.74, 6) is 0.0869. The van der Waals surface area contributed by atoms with Crippen molar-refractivity contribution in [1.29, 1.82) is 0 Å². The zero-order valence-electron chi connectivity index (χ0n) is 17.2. The van der Waals surface area contributed by atoms with Crippen molar-refractivity contribution < 1.29 is 23.1 Å². The predicted molar refractivity (Wildman–Crippen MR) is 119 cm³/mol. The van der Waals surface area contributed by atoms with E-state index in [1.54, 1.807) is 44.2 Å². The van der Waals surface area contributed by atoms with Crippen molar-refractivity contribution >= 4 is 38.1 Å². The van der Waals surface area contributed by atoms with Crippen molar-refractivity contribution in [3.05, 3.63) is 54.1 Å². The van der Waals surface area contributed by atoms with E-state index in [-0.39, 0.29) is 34.7 Å². The second kappa shape index (κ2) is 8.23. The van der Waals surface area contributed by atoms with Gasteiger partial charge in [0.2, 0.25) is 15.9 Å². The lowest BCUT2D eigenvalue weighted by atomic mass is 10.0. The minimum absolute atomic E-state index is 0.174. The molecule has 158 valence electrons. The molecule has 0 aliphatic carbocycles. The maximum absolute atomic E-state index is 12.2. The zero-order valence-corrected chi connectivity index (χ0v) is 18.0. The summed E-state index contributed by atoms with van der Waals surface area (Å²) in [6.07, 6.45) is 1.05. The molecule has 3 aromatic rings. The minimum Gasteiger partial charge on any atom is -0.505 e. The minimum atomic E-state index is -3.57. The van der Waals surface area contributed by atoms with Crippen LogP contribution in [-0.2, 0) is 14.8 Å². The molecule has 0 aliphatic rings. The molecular weight excluding hydrogens is 404 g/mol. The molecule has 0 radical (unpaired) electrons. The lowest BCUT2D eigenvalue weighted by Crippen LogP contribution is -2.18. The number of hydrogen-bond donors (Lipinski definition) is 3. The second-order valence-electron chi connectivity index (χ2n) is 7.43. The first-order chi connectivity index (χ1) is 14.0. The van der Waals surface area contributed by atoms with Crippen LogP contribution in [0.25, 0.3) is 10.8 Å². The van der Waals surface area contributed by atoms with Crippen LogP contribution in [0.3, 0.4) is 0 Å². The van der Waals surface area contributed by atoms with Gasteiger partial charge in [0.15, 0.2) is 0 Å². The number of phenols is 1. The normalized spacial score (nSPS) is 11.5. The number of ether oxygens (including phenoxy) is 1. The molecule has 0 saturated heterocycles. The summed E-state index contributed by atoms with van der Waals surface area (Å²) in [6, 6.07) is 13.6. The number of aryl methyl sites for hydroxylation is 1. The van der Waals surface area contributed by atoms with Gasteiger partial charge in [-0.3, -0.25) is 9.52 Å². The fourth-order valence-corrected chi connectivity index (χ4v) is 3.47. The van der Waals surface area contributed by atoms with Crippen LogP contribution in [0.15, 0.2) is 48.5 Å². The van der Waals surface area contributed by atoms with Gasteiger partial charge in [-0.15, -0.1) is 0 Å². The topological polar surface area (TPSA) is 105 Å². The Morgan fingerprint density at radius 2 is 1.73 bits per heavy atom. The molecular formula is C22H24N2O5S. The fraction of sp³-hybridized carbons (Fsp3) is 0.227. The standard InChI is InChI=1S/C22H24N2O5S/c1-13(2)22(26)23-18-12-19(29-15-10-8-14(3)9-11-15)20-16(21(18)25)6-5-7-17(20)24-30(4,27)28/h5-13,24-25H,1-4H3,(H,23,26). The van der Waals surface area contributed by atoms with Crippen LogP contribution in [0.4, 0.5) is 11.4 Å². The molecule has 3 rings (SSSR count). The highest BCUT2D eigenvalue weighted by atomic mass is 32.2. The summed E-state index contributed by atoms with van der Waals surface area (Å²) in [6.45, 7) is 5.43. The number of rotatable bonds is 6. The molecule has 0 aliphatic heterocycles. The quantitative estimate of drug-likeness (QED) is 0.497. The zero-order chi connectivity index (χ0) is 22.1. The van der Waals surface area contributed by atoms with E-state index in [0.29, 0.717) is 16.5 Å². The number of phenolic OH excluding ortho intramolecular Hbond substituents is 1. The smallest absolute Gasteiger partial charge is 0.229 e. The Hall–Kier alpha value is -3.26. The molecule has 0 atom stereocenters. The Morgan fingerprint density at radius 1 is 1.07 bits per heavy atom. The summed E-state index contributed by atoms with van der Waals surface area (Å²) in [7, 11) is -3.57. The van der Waals surface area contributed by atoms with E-state index in [4.69, 9.17) is 4.74 Å². The van der Waals surface area contributed by atoms with E-state index in [1.807, 2.05) is 19.1 Å². The van der Waals surface area contributed by atoms with Crippen LogP contribution in [-0.4, -0.2) is 25.7 Å². The SMILES string of the molecule is Cc1ccc(Oc2cc(NC(=O)C(C)C)c(O)c3cccc(NS(C)(=O)=O)c23)cc1. The van der Waals surface area contributed by atoms with Crippen LogP contribution in [0.5, 0.6) is 17.2 Å². The highest BCUT2D eigenvalue weighted by Gasteiger charge is 2.20. The van der Waals surface area contributed by atoms with E-state index in [9.17, 15) is 18.3 Å². The third kappa shape index (κ3) is 4.83. The largest absolute Gasteiger partial charge is 0.505 e. The number of anilines is 2. The van der Waals surface area contributed by atoms with Crippen molar-refractivity contribution in [2.45, 2.75) is 20.8 Å². The molecule has 1 amide bonds. The number of fused-ring (bicyclic) bond motifs is 1. The summed E-state index contributed by atoms with van der Waals surface area (Å²) in [5.41, 5.74) is 1.50. The molecule has 0 bridgehead atoms. The lowest BCUT2D eigenvalue weighted by molar-refractivity contribution is -0.118. The van der Waals surface area contributed by atoms with Crippen LogP contribution >= 0.6 is 0 Å². The third-order valence-electron chi connectivity index (χ3n) is 4.42. The monoisotopic (exact) mass is 428 g/mol. The van der Waals surface area contributed by atoms with Gasteiger partial charge in [0, 0.05) is 17.4 Å². The van der Waals surface area contributed by atoms with Crippen molar-refractivity contribution in [2.24, 2.45) is 5.92 Å². The number of aromatic hydroxyl groups is 1. The van der Waals surface area contributed by atoms with E-state index < -0.39 is 10.0 Å². The Kier molecular flexibility index (Phi) is 5.89. The molecule has 0 unspecified atom stereocenters. The number of carbonyl (C=O) groups is 1. The predicted octanol–water partition coefficient (Wildman–Crippen LogP) is 4.61. The Bertz CT molecular complexity index is 1200. The van der Waals surface area contributed by atoms with E-state index >= 15 is 0 Å². The van der Waals surface area contributed by atoms with Crippen molar-refractivity contribution in [3.63, 3.8) is 0 Å². The summed E-state index contributed by atoms with van der Waals surface area (Å²) in [4.78, 5) is 12.2. The van der Waals surface area contributed by atoms with E-state index in [0.717, 1.165) is 11.8 Å². The summed E-state index contributed by atoms with van der Waals surface area (Å²) < 4.78 is 32.2. The van der Waals surface area contributed by atoms with Gasteiger partial charge in [-0.1, -0.05) is 43.7 Å². The Morgan fingerprint density at radius 3 is 2.33 bits per heavy atom. The Labute approximate surface area is 175 Å². The first kappa shape index (κ1) is 21.4. The first-order valence-corrected chi connectivity index (χ1v) is 11.3. The average molecular weight is 429 g/mol. The molecule has 0 aromatic heterocycles. The molecule has 3 N–H and O–H groups in total. The van der Waals surface area contributed by atoms with Crippen molar-refractivity contribution in [2.75, 3.05) is 16.3 Å². The number of amides is 1. The third-order valence-corrected chi connectivity index (χ3v) is 5.01. The number of nitrogens with one attached hydrogen (secondary N) is 2. The van der Waals surface area contributed by atoms with Crippen molar-refractivity contribution in [3.8, 4) is 17.2 Å². The van der Waals surface area contributed by atoms with E-state index in [1.165, 1.54) is 6.07 Å². The number of sulfonamides is 1. The van der Waals surface area contributed by atoms with Gasteiger partial charge in [0.1, 0.15) is 17.2 Å². The maximum atomic E-state index is 12.2. The van der Waals surface area contributed by atoms with Gasteiger partial charge >= 0.3 is 0 Å². The van der Waals surface area contributed by atoms with Gasteiger partial charge in [-0.2, -0.15) is 0 Å². The summed E-state index contributed by atoms with van der Waals surface area (Å²) in [5, 5.41) is 14.2. The second-order valence-corrected chi connectivity index (χ2v) is 9.18. The van der Waals surface area contributed by atoms with E-state index in [2.05, 4.69) is 10.0 Å².